The molecule has 0 radical (unpaired) electrons. The smallest absolute Gasteiger partial charge is 0.315 e. The zero-order valence-corrected chi connectivity index (χ0v) is 11.5. The second kappa shape index (κ2) is 5.63. The topological polar surface area (TPSA) is 87.7 Å². The molecule has 1 fully saturated rings. The summed E-state index contributed by atoms with van der Waals surface area (Å²) in [7, 11) is 0. The maximum atomic E-state index is 12.0. The molecule has 0 aromatic heterocycles. The van der Waals surface area contributed by atoms with Crippen molar-refractivity contribution in [3.63, 3.8) is 0 Å². The van der Waals surface area contributed by atoms with Gasteiger partial charge in [0.25, 0.3) is 0 Å². The fourth-order valence-corrected chi connectivity index (χ4v) is 3.00. The molecule has 2 amide bonds. The van der Waals surface area contributed by atoms with Crippen molar-refractivity contribution in [2.24, 2.45) is 5.92 Å². The van der Waals surface area contributed by atoms with Crippen LogP contribution in [0.5, 0.6) is 5.75 Å². The summed E-state index contributed by atoms with van der Waals surface area (Å²) in [6, 6.07) is 7.13. The number of carboxylic acids is 1. The molecule has 0 saturated heterocycles. The fraction of sp³-hybridized carbons (Fsp3) is 0.467. The molecule has 1 aliphatic heterocycles. The molecule has 1 unspecified atom stereocenters. The summed E-state index contributed by atoms with van der Waals surface area (Å²) in [6.07, 6.45) is 1.83. The third kappa shape index (κ3) is 2.94. The van der Waals surface area contributed by atoms with E-state index in [1.807, 2.05) is 24.3 Å². The van der Waals surface area contributed by atoms with Crippen LogP contribution < -0.4 is 15.4 Å². The van der Waals surface area contributed by atoms with Crippen LogP contribution in [0, 0.1) is 5.92 Å². The first kappa shape index (κ1) is 13.7. The number of benzene rings is 1. The van der Waals surface area contributed by atoms with Crippen LogP contribution >= 0.6 is 0 Å². The lowest BCUT2D eigenvalue weighted by Gasteiger charge is -2.16. The number of urea groups is 1. The zero-order chi connectivity index (χ0) is 14.8. The molecule has 3 rings (SSSR count). The van der Waals surface area contributed by atoms with Gasteiger partial charge in [0, 0.05) is 11.6 Å². The molecule has 1 heterocycles. The van der Waals surface area contributed by atoms with E-state index in [0.29, 0.717) is 25.9 Å². The van der Waals surface area contributed by atoms with Crippen LogP contribution in [0.3, 0.4) is 0 Å². The Hall–Kier alpha value is -2.24. The number of rotatable bonds is 3. The average Bonchev–Trinajstić information content (AvgIpc) is 3.07. The van der Waals surface area contributed by atoms with E-state index in [4.69, 9.17) is 9.84 Å². The van der Waals surface area contributed by atoms with Gasteiger partial charge in [0.2, 0.25) is 0 Å². The molecular formula is C15H18N2O4. The first-order valence-corrected chi connectivity index (χ1v) is 7.15. The molecule has 1 aliphatic carbocycles. The summed E-state index contributed by atoms with van der Waals surface area (Å²) < 4.78 is 5.51. The number of aliphatic carboxylic acids is 1. The number of carbonyl (C=O) groups excluding carboxylic acids is 1. The molecule has 6 heteroatoms. The quantitative estimate of drug-likeness (QED) is 0.790. The Balaban J connectivity index is 1.53. The van der Waals surface area contributed by atoms with Crippen molar-refractivity contribution >= 4 is 12.0 Å². The Labute approximate surface area is 122 Å². The molecule has 112 valence electrons. The van der Waals surface area contributed by atoms with E-state index in [1.54, 1.807) is 0 Å². The van der Waals surface area contributed by atoms with E-state index in [0.717, 1.165) is 11.3 Å². The maximum Gasteiger partial charge on any atom is 0.315 e. The highest BCUT2D eigenvalue weighted by molar-refractivity contribution is 5.76. The minimum Gasteiger partial charge on any atom is -0.491 e. The van der Waals surface area contributed by atoms with E-state index in [9.17, 15) is 9.59 Å². The van der Waals surface area contributed by atoms with Crippen LogP contribution in [0.1, 0.15) is 30.9 Å². The molecule has 0 bridgehead atoms. The first-order valence-electron chi connectivity index (χ1n) is 7.15. The molecule has 1 saturated carbocycles. The van der Waals surface area contributed by atoms with Gasteiger partial charge in [-0.05, 0) is 25.3 Å². The van der Waals surface area contributed by atoms with Crippen LogP contribution in [0.4, 0.5) is 4.79 Å². The van der Waals surface area contributed by atoms with Crippen molar-refractivity contribution in [2.75, 3.05) is 6.61 Å². The van der Waals surface area contributed by atoms with Gasteiger partial charge in [0.1, 0.15) is 12.4 Å². The van der Waals surface area contributed by atoms with E-state index in [-0.39, 0.29) is 24.0 Å². The summed E-state index contributed by atoms with van der Waals surface area (Å²) >= 11 is 0. The standard InChI is InChI=1S/C15H18N2O4/c18-14(19)9-5-6-10(7-9)16-15(20)17-12-8-21-13-4-2-1-3-11(12)13/h1-4,9-10,12H,5-8H2,(H,18,19)(H2,16,17,20)/t9-,10+,12?/m1/s1. The molecule has 0 spiro atoms. The number of amides is 2. The molecule has 1 aromatic carbocycles. The van der Waals surface area contributed by atoms with Crippen LogP contribution in [0.2, 0.25) is 0 Å². The molecule has 21 heavy (non-hydrogen) atoms. The highest BCUT2D eigenvalue weighted by atomic mass is 16.5. The number of ether oxygens (including phenoxy) is 1. The van der Waals surface area contributed by atoms with Crippen LogP contribution in [0.25, 0.3) is 0 Å². The van der Waals surface area contributed by atoms with Gasteiger partial charge in [0.05, 0.1) is 12.0 Å². The minimum absolute atomic E-state index is 0.0661. The van der Waals surface area contributed by atoms with Crippen molar-refractivity contribution in [3.05, 3.63) is 29.8 Å². The van der Waals surface area contributed by atoms with E-state index in [1.165, 1.54) is 0 Å². The van der Waals surface area contributed by atoms with Crippen LogP contribution in [0.15, 0.2) is 24.3 Å². The lowest BCUT2D eigenvalue weighted by Crippen LogP contribution is -2.43. The Morgan fingerprint density at radius 1 is 1.19 bits per heavy atom. The molecule has 2 aliphatic rings. The Morgan fingerprint density at radius 2 is 2.00 bits per heavy atom. The van der Waals surface area contributed by atoms with E-state index >= 15 is 0 Å². The van der Waals surface area contributed by atoms with Gasteiger partial charge < -0.3 is 20.5 Å². The summed E-state index contributed by atoms with van der Waals surface area (Å²) in [5, 5.41) is 14.7. The van der Waals surface area contributed by atoms with Gasteiger partial charge >= 0.3 is 12.0 Å². The monoisotopic (exact) mass is 290 g/mol. The van der Waals surface area contributed by atoms with Gasteiger partial charge in [-0.1, -0.05) is 18.2 Å². The summed E-state index contributed by atoms with van der Waals surface area (Å²) in [5.74, 6) is -0.321. The number of carboxylic acid groups (broad SMARTS) is 1. The number of hydrogen-bond acceptors (Lipinski definition) is 3. The summed E-state index contributed by atoms with van der Waals surface area (Å²) in [4.78, 5) is 22.9. The lowest BCUT2D eigenvalue weighted by atomic mass is 10.1. The number of para-hydroxylation sites is 1. The number of nitrogens with one attached hydrogen (secondary N) is 2. The van der Waals surface area contributed by atoms with Crippen LogP contribution in [-0.4, -0.2) is 29.8 Å². The van der Waals surface area contributed by atoms with Crippen LogP contribution in [-0.2, 0) is 4.79 Å². The zero-order valence-electron chi connectivity index (χ0n) is 11.5. The first-order chi connectivity index (χ1) is 10.1. The van der Waals surface area contributed by atoms with Crippen molar-refractivity contribution in [1.82, 2.24) is 10.6 Å². The van der Waals surface area contributed by atoms with Gasteiger partial charge in [-0.15, -0.1) is 0 Å². The number of carbonyl (C=O) groups is 2. The molecular weight excluding hydrogens is 272 g/mol. The maximum absolute atomic E-state index is 12.0. The SMILES string of the molecule is O=C(NC1COc2ccccc21)N[C@H]1CC[C@@H](C(=O)O)C1. The molecule has 6 nitrogen and oxygen atoms in total. The highest BCUT2D eigenvalue weighted by Crippen LogP contribution is 2.31. The molecule has 3 N–H and O–H groups in total. The largest absolute Gasteiger partial charge is 0.491 e. The molecule has 3 atom stereocenters. The Morgan fingerprint density at radius 3 is 2.76 bits per heavy atom. The summed E-state index contributed by atoms with van der Waals surface area (Å²) in [5.41, 5.74) is 0.975. The van der Waals surface area contributed by atoms with Gasteiger partial charge in [-0.25, -0.2) is 4.79 Å². The van der Waals surface area contributed by atoms with Gasteiger partial charge in [0.15, 0.2) is 0 Å². The fourth-order valence-electron chi connectivity index (χ4n) is 3.00. The van der Waals surface area contributed by atoms with Gasteiger partial charge in [-0.2, -0.15) is 0 Å². The summed E-state index contributed by atoms with van der Waals surface area (Å²) in [6.45, 7) is 0.426. The minimum atomic E-state index is -0.780. The predicted octanol–water partition coefficient (Wildman–Crippen LogP) is 1.67. The molecule has 1 aromatic rings. The van der Waals surface area contributed by atoms with E-state index < -0.39 is 5.97 Å². The van der Waals surface area contributed by atoms with Crippen molar-refractivity contribution in [2.45, 2.75) is 31.3 Å². The highest BCUT2D eigenvalue weighted by Gasteiger charge is 2.31. The third-order valence-corrected chi connectivity index (χ3v) is 4.12. The number of fused-ring (bicyclic) bond motifs is 1. The van der Waals surface area contributed by atoms with Crippen molar-refractivity contribution in [3.8, 4) is 5.75 Å². The van der Waals surface area contributed by atoms with Crippen molar-refractivity contribution in [1.29, 1.82) is 0 Å². The van der Waals surface area contributed by atoms with Crippen molar-refractivity contribution < 1.29 is 19.4 Å². The normalized spacial score (nSPS) is 26.8. The van der Waals surface area contributed by atoms with Gasteiger partial charge in [-0.3, -0.25) is 4.79 Å². The Kier molecular flexibility index (Phi) is 3.68. The van der Waals surface area contributed by atoms with E-state index in [2.05, 4.69) is 10.6 Å². The second-order valence-corrected chi connectivity index (χ2v) is 5.56. The average molecular weight is 290 g/mol. The third-order valence-electron chi connectivity index (χ3n) is 4.12. The predicted molar refractivity (Wildman–Crippen MR) is 75.1 cm³/mol. The lowest BCUT2D eigenvalue weighted by molar-refractivity contribution is -0.141. The second-order valence-electron chi connectivity index (χ2n) is 5.56. The number of hydrogen-bond donors (Lipinski definition) is 3. The Bertz CT molecular complexity index is 560.